The van der Waals surface area contributed by atoms with Gasteiger partial charge in [-0.05, 0) is 73.4 Å². The minimum Gasteiger partial charge on any atom is -0.493 e. The van der Waals surface area contributed by atoms with Gasteiger partial charge >= 0.3 is 0 Å². The molecular formula is C22H26N4O2S. The van der Waals surface area contributed by atoms with Gasteiger partial charge in [0, 0.05) is 6.42 Å². The van der Waals surface area contributed by atoms with Gasteiger partial charge in [0.25, 0.3) is 0 Å². The number of aryl methyl sites for hydroxylation is 4. The largest absolute Gasteiger partial charge is 0.493 e. The van der Waals surface area contributed by atoms with E-state index < -0.39 is 0 Å². The summed E-state index contributed by atoms with van der Waals surface area (Å²) in [4.78, 5) is 0. The number of aromatic amines is 1. The third-order valence-electron chi connectivity index (χ3n) is 4.76. The van der Waals surface area contributed by atoms with Crippen LogP contribution in [0.15, 0.2) is 35.4 Å². The van der Waals surface area contributed by atoms with Gasteiger partial charge < -0.3 is 9.47 Å². The molecule has 6 nitrogen and oxygen atoms in total. The van der Waals surface area contributed by atoms with E-state index >= 15 is 0 Å². The van der Waals surface area contributed by atoms with Crippen LogP contribution in [0.2, 0.25) is 0 Å². The quantitative estimate of drug-likeness (QED) is 0.445. The fraction of sp³-hybridized carbons (Fsp3) is 0.318. The predicted molar refractivity (Wildman–Crippen MR) is 118 cm³/mol. The van der Waals surface area contributed by atoms with E-state index in [2.05, 4.69) is 48.2 Å². The number of hydrogen-bond donors (Lipinski definition) is 1. The minimum absolute atomic E-state index is 0.467. The second kappa shape index (κ2) is 9.05. The summed E-state index contributed by atoms with van der Waals surface area (Å²) in [6, 6.07) is 10.1. The van der Waals surface area contributed by atoms with Crippen molar-refractivity contribution >= 4 is 18.4 Å². The highest BCUT2D eigenvalue weighted by Gasteiger charge is 2.09. The zero-order chi connectivity index (χ0) is 21.0. The van der Waals surface area contributed by atoms with Gasteiger partial charge in [-0.1, -0.05) is 24.6 Å². The number of rotatable bonds is 7. The molecule has 7 heteroatoms. The second-order valence-electron chi connectivity index (χ2n) is 6.93. The number of aromatic nitrogens is 3. The van der Waals surface area contributed by atoms with Crippen molar-refractivity contribution in [2.75, 3.05) is 7.11 Å². The summed E-state index contributed by atoms with van der Waals surface area (Å²) < 4.78 is 13.7. The highest BCUT2D eigenvalue weighted by Crippen LogP contribution is 2.29. The fourth-order valence-electron chi connectivity index (χ4n) is 3.27. The van der Waals surface area contributed by atoms with Gasteiger partial charge in [0.1, 0.15) is 6.61 Å². The predicted octanol–water partition coefficient (Wildman–Crippen LogP) is 4.90. The highest BCUT2D eigenvalue weighted by molar-refractivity contribution is 7.71. The van der Waals surface area contributed by atoms with Gasteiger partial charge in [0.15, 0.2) is 17.3 Å². The average molecular weight is 411 g/mol. The highest BCUT2D eigenvalue weighted by atomic mass is 32.1. The van der Waals surface area contributed by atoms with Crippen LogP contribution in [0.4, 0.5) is 0 Å². The van der Waals surface area contributed by atoms with E-state index in [1.807, 2.05) is 25.1 Å². The summed E-state index contributed by atoms with van der Waals surface area (Å²) in [5.74, 6) is 2.13. The molecule has 0 aliphatic heterocycles. The Balaban J connectivity index is 1.80. The zero-order valence-corrected chi connectivity index (χ0v) is 18.3. The summed E-state index contributed by atoms with van der Waals surface area (Å²) in [6.45, 7) is 8.82. The maximum atomic E-state index is 6.07. The van der Waals surface area contributed by atoms with E-state index in [1.165, 1.54) is 22.3 Å². The van der Waals surface area contributed by atoms with E-state index in [0.717, 1.165) is 17.8 Å². The molecular weight excluding hydrogens is 384 g/mol. The molecule has 0 amide bonds. The first-order valence-corrected chi connectivity index (χ1v) is 9.92. The molecule has 29 heavy (non-hydrogen) atoms. The molecule has 1 N–H and O–H groups in total. The first-order chi connectivity index (χ1) is 13.9. The van der Waals surface area contributed by atoms with Crippen molar-refractivity contribution in [3.8, 4) is 11.5 Å². The Morgan fingerprint density at radius 1 is 1.14 bits per heavy atom. The number of nitrogens with zero attached hydrogens (tertiary/aromatic N) is 3. The fourth-order valence-corrected chi connectivity index (χ4v) is 3.47. The van der Waals surface area contributed by atoms with Crippen LogP contribution >= 0.6 is 12.2 Å². The van der Waals surface area contributed by atoms with Crippen LogP contribution in [0.1, 0.15) is 40.6 Å². The first-order valence-electron chi connectivity index (χ1n) is 9.51. The van der Waals surface area contributed by atoms with Crippen LogP contribution in [0.3, 0.4) is 0 Å². The minimum atomic E-state index is 0.467. The normalized spacial score (nSPS) is 11.2. The lowest BCUT2D eigenvalue weighted by molar-refractivity contribution is 0.283. The summed E-state index contributed by atoms with van der Waals surface area (Å²) in [5.41, 5.74) is 5.79. The van der Waals surface area contributed by atoms with Gasteiger partial charge in [-0.25, -0.2) is 0 Å². The maximum absolute atomic E-state index is 6.07. The summed E-state index contributed by atoms with van der Waals surface area (Å²) in [5, 5.41) is 11.3. The number of hydrogen-bond acceptors (Lipinski definition) is 5. The topological polar surface area (TPSA) is 64.4 Å². The van der Waals surface area contributed by atoms with Crippen molar-refractivity contribution in [2.45, 2.75) is 40.7 Å². The smallest absolute Gasteiger partial charge is 0.216 e. The molecule has 0 aliphatic rings. The van der Waals surface area contributed by atoms with Crippen LogP contribution in [0.25, 0.3) is 0 Å². The molecule has 1 aromatic heterocycles. The van der Waals surface area contributed by atoms with Gasteiger partial charge in [0.05, 0.1) is 13.3 Å². The zero-order valence-electron chi connectivity index (χ0n) is 17.4. The molecule has 152 valence electrons. The third-order valence-corrected chi connectivity index (χ3v) is 5.02. The van der Waals surface area contributed by atoms with Crippen molar-refractivity contribution in [1.82, 2.24) is 14.9 Å². The van der Waals surface area contributed by atoms with Crippen LogP contribution < -0.4 is 9.47 Å². The molecule has 0 spiro atoms. The lowest BCUT2D eigenvalue weighted by Crippen LogP contribution is -2.03. The molecule has 0 bridgehead atoms. The number of nitrogens with one attached hydrogen (secondary N) is 1. The number of benzene rings is 2. The monoisotopic (exact) mass is 410 g/mol. The maximum Gasteiger partial charge on any atom is 0.216 e. The van der Waals surface area contributed by atoms with Crippen molar-refractivity contribution < 1.29 is 9.47 Å². The average Bonchev–Trinajstić information content (AvgIpc) is 3.05. The Kier molecular flexibility index (Phi) is 6.49. The van der Waals surface area contributed by atoms with Crippen LogP contribution in [-0.2, 0) is 13.0 Å². The van der Waals surface area contributed by atoms with Gasteiger partial charge in [-0.3, -0.25) is 5.10 Å². The van der Waals surface area contributed by atoms with E-state index in [9.17, 15) is 0 Å². The Labute approximate surface area is 176 Å². The molecule has 0 aliphatic carbocycles. The Morgan fingerprint density at radius 2 is 1.86 bits per heavy atom. The van der Waals surface area contributed by atoms with Crippen molar-refractivity contribution in [1.29, 1.82) is 0 Å². The standard InChI is InChI=1S/C22H26N4O2S/c1-6-21-24-25-22(29)26(21)23-12-17-7-8-19(20(11-17)27-5)28-13-18-15(3)9-14(2)10-16(18)4/h7-12H,6,13H2,1-5H3,(H,25,29)/b23-12-. The first kappa shape index (κ1) is 20.8. The van der Waals surface area contributed by atoms with Crippen molar-refractivity contribution in [3.05, 3.63) is 68.7 Å². The molecule has 0 unspecified atom stereocenters. The number of ether oxygens (including phenoxy) is 2. The number of H-pyrrole nitrogens is 1. The van der Waals surface area contributed by atoms with Crippen molar-refractivity contribution in [2.24, 2.45) is 5.10 Å². The Bertz CT molecular complexity index is 1080. The molecule has 0 saturated heterocycles. The summed E-state index contributed by atoms with van der Waals surface area (Å²) in [6.07, 6.45) is 2.46. The lowest BCUT2D eigenvalue weighted by atomic mass is 10.0. The summed E-state index contributed by atoms with van der Waals surface area (Å²) in [7, 11) is 1.63. The molecule has 3 aromatic rings. The number of methoxy groups -OCH3 is 1. The van der Waals surface area contributed by atoms with E-state index in [0.29, 0.717) is 22.9 Å². The second-order valence-corrected chi connectivity index (χ2v) is 7.32. The molecule has 2 aromatic carbocycles. The Morgan fingerprint density at radius 3 is 2.52 bits per heavy atom. The van der Waals surface area contributed by atoms with Crippen LogP contribution in [0.5, 0.6) is 11.5 Å². The molecule has 0 radical (unpaired) electrons. The van der Waals surface area contributed by atoms with Gasteiger partial charge in [-0.15, -0.1) is 0 Å². The molecule has 0 saturated carbocycles. The molecule has 0 fully saturated rings. The van der Waals surface area contributed by atoms with Crippen LogP contribution in [-0.4, -0.2) is 28.2 Å². The Hall–Kier alpha value is -2.93. The molecule has 1 heterocycles. The van der Waals surface area contributed by atoms with Gasteiger partial charge in [0.2, 0.25) is 4.77 Å². The van der Waals surface area contributed by atoms with Crippen LogP contribution in [0, 0.1) is 25.5 Å². The summed E-state index contributed by atoms with van der Waals surface area (Å²) >= 11 is 5.22. The van der Waals surface area contributed by atoms with E-state index in [-0.39, 0.29) is 0 Å². The van der Waals surface area contributed by atoms with Crippen molar-refractivity contribution in [3.63, 3.8) is 0 Å². The molecule has 0 atom stereocenters. The third kappa shape index (κ3) is 4.74. The SMILES string of the molecule is CCc1n[nH]c(=S)n1/N=C\c1ccc(OCc2c(C)cc(C)cc2C)c(OC)c1. The van der Waals surface area contributed by atoms with E-state index in [1.54, 1.807) is 18.0 Å². The lowest BCUT2D eigenvalue weighted by Gasteiger charge is -2.15. The van der Waals surface area contributed by atoms with E-state index in [4.69, 9.17) is 21.7 Å². The van der Waals surface area contributed by atoms with Gasteiger partial charge in [-0.2, -0.15) is 14.9 Å². The molecule has 3 rings (SSSR count).